The molecule has 0 unspecified atom stereocenters. The Morgan fingerprint density at radius 2 is 1.95 bits per heavy atom. The van der Waals surface area contributed by atoms with Gasteiger partial charge >= 0.3 is 0 Å². The zero-order valence-electron chi connectivity index (χ0n) is 11.3. The second-order valence-electron chi connectivity index (χ2n) is 4.35. The van der Waals surface area contributed by atoms with E-state index in [-0.39, 0.29) is 5.75 Å². The second-order valence-corrected chi connectivity index (χ2v) is 6.28. The van der Waals surface area contributed by atoms with E-state index < -0.39 is 5.82 Å². The number of hydrogen-bond donors (Lipinski definition) is 1. The molecule has 112 valence electrons. The van der Waals surface area contributed by atoms with E-state index in [0.717, 1.165) is 11.3 Å². The molecule has 0 fully saturated rings. The van der Waals surface area contributed by atoms with E-state index in [1.165, 1.54) is 17.8 Å². The fraction of sp³-hybridized carbons (Fsp3) is 0.200. The highest BCUT2D eigenvalue weighted by Gasteiger charge is 2.11. The SMILES string of the molecule is CCCOc1cc(Sc2ccc(Cl)c(Cl)c2)c(N)cc1F. The normalized spacial score (nSPS) is 10.7. The van der Waals surface area contributed by atoms with Crippen LogP contribution in [0.3, 0.4) is 0 Å². The zero-order valence-corrected chi connectivity index (χ0v) is 13.7. The van der Waals surface area contributed by atoms with Gasteiger partial charge in [-0.25, -0.2) is 4.39 Å². The number of halogens is 3. The highest BCUT2D eigenvalue weighted by molar-refractivity contribution is 7.99. The lowest BCUT2D eigenvalue weighted by atomic mass is 10.3. The summed E-state index contributed by atoms with van der Waals surface area (Å²) in [5, 5.41) is 0.949. The maximum atomic E-state index is 13.8. The first-order valence-electron chi connectivity index (χ1n) is 6.36. The maximum absolute atomic E-state index is 13.8. The Morgan fingerprint density at radius 3 is 2.62 bits per heavy atom. The first-order valence-corrected chi connectivity index (χ1v) is 7.93. The fourth-order valence-electron chi connectivity index (χ4n) is 1.63. The smallest absolute Gasteiger partial charge is 0.167 e. The topological polar surface area (TPSA) is 35.2 Å². The third kappa shape index (κ3) is 4.19. The summed E-state index contributed by atoms with van der Waals surface area (Å²) in [5.74, 6) is -0.256. The minimum absolute atomic E-state index is 0.202. The largest absolute Gasteiger partial charge is 0.490 e. The highest BCUT2D eigenvalue weighted by Crippen LogP contribution is 2.38. The molecule has 0 aliphatic rings. The number of benzene rings is 2. The standard InChI is InChI=1S/C15H14Cl2FNOS/c1-2-5-20-14-8-15(13(19)7-12(14)18)21-9-3-4-10(16)11(17)6-9/h3-4,6-8H,2,5,19H2,1H3. The third-order valence-corrected chi connectivity index (χ3v) is 4.45. The lowest BCUT2D eigenvalue weighted by Gasteiger charge is -2.11. The molecule has 0 aromatic heterocycles. The molecule has 0 aliphatic carbocycles. The van der Waals surface area contributed by atoms with Crippen LogP contribution in [-0.2, 0) is 0 Å². The number of hydrogen-bond acceptors (Lipinski definition) is 3. The molecule has 2 N–H and O–H groups in total. The zero-order chi connectivity index (χ0) is 15.4. The van der Waals surface area contributed by atoms with Crippen LogP contribution >= 0.6 is 35.0 Å². The van der Waals surface area contributed by atoms with Crippen LogP contribution in [0.1, 0.15) is 13.3 Å². The molecule has 0 radical (unpaired) electrons. The summed E-state index contributed by atoms with van der Waals surface area (Å²) in [4.78, 5) is 1.57. The second kappa shape index (κ2) is 7.25. The molecular formula is C15H14Cl2FNOS. The summed E-state index contributed by atoms with van der Waals surface area (Å²) in [6.07, 6.45) is 0.805. The van der Waals surface area contributed by atoms with Gasteiger partial charge < -0.3 is 10.5 Å². The molecular weight excluding hydrogens is 332 g/mol. The van der Waals surface area contributed by atoms with Crippen LogP contribution in [0.2, 0.25) is 10.0 Å². The molecule has 0 spiro atoms. The number of rotatable bonds is 5. The van der Waals surface area contributed by atoms with Crippen LogP contribution in [0, 0.1) is 5.82 Å². The molecule has 0 bridgehead atoms. The summed E-state index contributed by atoms with van der Waals surface area (Å²) < 4.78 is 19.1. The van der Waals surface area contributed by atoms with Crippen LogP contribution < -0.4 is 10.5 Å². The van der Waals surface area contributed by atoms with Crippen LogP contribution in [-0.4, -0.2) is 6.61 Å². The van der Waals surface area contributed by atoms with Crippen molar-refractivity contribution in [3.8, 4) is 5.75 Å². The monoisotopic (exact) mass is 345 g/mol. The Bertz CT molecular complexity index is 652. The Labute approximate surface area is 137 Å². The van der Waals surface area contributed by atoms with E-state index in [4.69, 9.17) is 33.7 Å². The van der Waals surface area contributed by atoms with E-state index in [1.807, 2.05) is 13.0 Å². The van der Waals surface area contributed by atoms with Crippen LogP contribution in [0.4, 0.5) is 10.1 Å². The van der Waals surface area contributed by atoms with E-state index in [2.05, 4.69) is 0 Å². The predicted octanol–water partition coefficient (Wildman–Crippen LogP) is 5.65. The summed E-state index contributed by atoms with van der Waals surface area (Å²) in [7, 11) is 0. The molecule has 2 aromatic carbocycles. The van der Waals surface area contributed by atoms with E-state index in [0.29, 0.717) is 27.2 Å². The summed E-state index contributed by atoms with van der Waals surface area (Å²) in [5.41, 5.74) is 6.21. The van der Waals surface area contributed by atoms with Gasteiger partial charge in [-0.15, -0.1) is 0 Å². The summed E-state index contributed by atoms with van der Waals surface area (Å²) >= 11 is 13.2. The molecule has 0 aliphatic heterocycles. The molecule has 2 nitrogen and oxygen atoms in total. The molecule has 21 heavy (non-hydrogen) atoms. The van der Waals surface area contributed by atoms with Crippen molar-refractivity contribution in [3.63, 3.8) is 0 Å². The van der Waals surface area contributed by atoms with Crippen molar-refractivity contribution >= 4 is 40.7 Å². The Kier molecular flexibility index (Phi) is 5.62. The van der Waals surface area contributed by atoms with Gasteiger partial charge in [0.05, 0.1) is 16.7 Å². The first-order chi connectivity index (χ1) is 10.0. The van der Waals surface area contributed by atoms with Crippen LogP contribution in [0.5, 0.6) is 5.75 Å². The molecule has 2 rings (SSSR count). The van der Waals surface area contributed by atoms with Gasteiger partial charge in [0.2, 0.25) is 0 Å². The van der Waals surface area contributed by atoms with E-state index >= 15 is 0 Å². The predicted molar refractivity (Wildman–Crippen MR) is 87.2 cm³/mol. The Balaban J connectivity index is 2.28. The maximum Gasteiger partial charge on any atom is 0.167 e. The quantitative estimate of drug-likeness (QED) is 0.710. The van der Waals surface area contributed by atoms with E-state index in [1.54, 1.807) is 18.2 Å². The van der Waals surface area contributed by atoms with Gasteiger partial charge in [-0.1, -0.05) is 41.9 Å². The first kappa shape index (κ1) is 16.3. The lowest BCUT2D eigenvalue weighted by molar-refractivity contribution is 0.300. The summed E-state index contributed by atoms with van der Waals surface area (Å²) in [6, 6.07) is 8.15. The fourth-order valence-corrected chi connectivity index (χ4v) is 2.90. The van der Waals surface area contributed by atoms with Crippen LogP contribution in [0.15, 0.2) is 40.1 Å². The van der Waals surface area contributed by atoms with Gasteiger partial charge in [-0.3, -0.25) is 0 Å². The van der Waals surface area contributed by atoms with E-state index in [9.17, 15) is 4.39 Å². The number of nitrogen functional groups attached to an aromatic ring is 1. The van der Waals surface area contributed by atoms with Crippen molar-refractivity contribution in [1.82, 2.24) is 0 Å². The molecule has 0 amide bonds. The van der Waals surface area contributed by atoms with Crippen molar-refractivity contribution in [1.29, 1.82) is 0 Å². The Hall–Kier alpha value is -1.10. The van der Waals surface area contributed by atoms with Gasteiger partial charge in [-0.05, 0) is 30.7 Å². The lowest BCUT2D eigenvalue weighted by Crippen LogP contribution is -1.99. The minimum atomic E-state index is -0.459. The summed E-state index contributed by atoms with van der Waals surface area (Å²) in [6.45, 7) is 2.41. The van der Waals surface area contributed by atoms with Gasteiger partial charge in [-0.2, -0.15) is 0 Å². The molecule has 0 atom stereocenters. The van der Waals surface area contributed by atoms with Gasteiger partial charge in [0.25, 0.3) is 0 Å². The number of ether oxygens (including phenoxy) is 1. The van der Waals surface area contributed by atoms with Crippen molar-refractivity contribution < 1.29 is 9.13 Å². The molecule has 0 saturated heterocycles. The highest BCUT2D eigenvalue weighted by atomic mass is 35.5. The minimum Gasteiger partial charge on any atom is -0.490 e. The van der Waals surface area contributed by atoms with Gasteiger partial charge in [0.15, 0.2) is 11.6 Å². The molecule has 6 heteroatoms. The number of anilines is 1. The third-order valence-electron chi connectivity index (χ3n) is 2.64. The van der Waals surface area contributed by atoms with Gasteiger partial charge in [0, 0.05) is 21.5 Å². The molecule has 2 aromatic rings. The van der Waals surface area contributed by atoms with Crippen molar-refractivity contribution in [2.24, 2.45) is 0 Å². The average molecular weight is 346 g/mol. The van der Waals surface area contributed by atoms with Crippen molar-refractivity contribution in [2.45, 2.75) is 23.1 Å². The van der Waals surface area contributed by atoms with Crippen molar-refractivity contribution in [2.75, 3.05) is 12.3 Å². The van der Waals surface area contributed by atoms with Crippen LogP contribution in [0.25, 0.3) is 0 Å². The van der Waals surface area contributed by atoms with Crippen molar-refractivity contribution in [3.05, 3.63) is 46.2 Å². The average Bonchev–Trinajstić information content (AvgIpc) is 2.44. The molecule has 0 saturated carbocycles. The molecule has 0 heterocycles. The Morgan fingerprint density at radius 1 is 1.19 bits per heavy atom. The van der Waals surface area contributed by atoms with Gasteiger partial charge in [0.1, 0.15) is 0 Å². The number of nitrogens with two attached hydrogens (primary N) is 1.